The van der Waals surface area contributed by atoms with Gasteiger partial charge in [0.25, 0.3) is 0 Å². The fourth-order valence-corrected chi connectivity index (χ4v) is 2.50. The third kappa shape index (κ3) is 5.37. The number of halogens is 1. The first kappa shape index (κ1) is 19.1. The van der Waals surface area contributed by atoms with E-state index in [0.717, 1.165) is 5.56 Å². The van der Waals surface area contributed by atoms with Crippen molar-refractivity contribution in [1.29, 1.82) is 0 Å². The van der Waals surface area contributed by atoms with Gasteiger partial charge in [-0.2, -0.15) is 0 Å². The van der Waals surface area contributed by atoms with Crippen LogP contribution < -0.4 is 10.6 Å². The van der Waals surface area contributed by atoms with Crippen LogP contribution in [0.5, 0.6) is 0 Å². The molecule has 8 heteroatoms. The summed E-state index contributed by atoms with van der Waals surface area (Å²) in [4.78, 5) is 20.1. The maximum Gasteiger partial charge on any atom is 0.341 e. The Labute approximate surface area is 157 Å². The number of nitrogens with one attached hydrogen (secondary N) is 2. The number of aromatic nitrogens is 2. The number of carbonyl (C=O) groups is 1. The molecule has 1 heterocycles. The predicted octanol–water partition coefficient (Wildman–Crippen LogP) is 3.66. The van der Waals surface area contributed by atoms with E-state index >= 15 is 0 Å². The zero-order valence-electron chi connectivity index (χ0n) is 14.2. The van der Waals surface area contributed by atoms with Crippen LogP contribution in [-0.2, 0) is 4.74 Å². The second-order valence-electron chi connectivity index (χ2n) is 5.28. The van der Waals surface area contributed by atoms with Crippen LogP contribution in [0, 0.1) is 6.92 Å². The molecular weight excluding hydrogens is 360 g/mol. The molecule has 0 aliphatic heterocycles. The summed E-state index contributed by atoms with van der Waals surface area (Å²) in [6, 6.07) is 7.49. The number of rotatable bonds is 5. The zero-order valence-corrected chi connectivity index (χ0v) is 15.7. The molecule has 1 aromatic heterocycles. The van der Waals surface area contributed by atoms with Gasteiger partial charge in [0, 0.05) is 11.2 Å². The zero-order chi connectivity index (χ0) is 18.4. The Bertz CT molecular complexity index is 768. The molecule has 0 fully saturated rings. The highest BCUT2D eigenvalue weighted by Gasteiger charge is 2.14. The number of hydrogen-bond acceptors (Lipinski definition) is 5. The van der Waals surface area contributed by atoms with Crippen LogP contribution in [0.1, 0.15) is 41.5 Å². The van der Waals surface area contributed by atoms with Crippen LogP contribution in [0.2, 0.25) is 5.02 Å². The Morgan fingerprint density at radius 2 is 2.04 bits per heavy atom. The molecule has 0 amide bonds. The Morgan fingerprint density at radius 3 is 2.64 bits per heavy atom. The number of hydrogen-bond donors (Lipinski definition) is 2. The Balaban J connectivity index is 1.99. The number of benzene rings is 1. The standard InChI is InChI=1S/C17H19ClN4O2S/c1-4-24-15(23)14-9-19-16(20-11(14)3)22-17(25)21-10(2)12-5-7-13(18)8-6-12/h5-10H,4H2,1-3H3,(H2,19,20,21,22,25)/t10-/m0/s1. The first-order valence-electron chi connectivity index (χ1n) is 7.74. The maximum absolute atomic E-state index is 11.8. The van der Waals surface area contributed by atoms with E-state index in [0.29, 0.717) is 33.9 Å². The normalized spacial score (nSPS) is 11.5. The SMILES string of the molecule is CCOC(=O)c1cnc(NC(=S)N[C@@H](C)c2ccc(Cl)cc2)nc1C. The summed E-state index contributed by atoms with van der Waals surface area (Å²) in [5.41, 5.74) is 1.90. The van der Waals surface area contributed by atoms with Crippen molar-refractivity contribution in [2.75, 3.05) is 11.9 Å². The van der Waals surface area contributed by atoms with Crippen molar-refractivity contribution in [3.05, 3.63) is 52.3 Å². The first-order valence-corrected chi connectivity index (χ1v) is 8.53. The number of anilines is 1. The number of carbonyl (C=O) groups excluding carboxylic acids is 1. The molecule has 0 radical (unpaired) electrons. The van der Waals surface area contributed by atoms with Crippen molar-refractivity contribution in [1.82, 2.24) is 15.3 Å². The maximum atomic E-state index is 11.8. The minimum atomic E-state index is -0.441. The number of nitrogens with zero attached hydrogens (tertiary/aromatic N) is 2. The van der Waals surface area contributed by atoms with Gasteiger partial charge >= 0.3 is 5.97 Å². The van der Waals surface area contributed by atoms with Gasteiger partial charge in [-0.1, -0.05) is 23.7 Å². The van der Waals surface area contributed by atoms with Crippen molar-refractivity contribution < 1.29 is 9.53 Å². The molecule has 0 bridgehead atoms. The van der Waals surface area contributed by atoms with Crippen LogP contribution in [0.3, 0.4) is 0 Å². The monoisotopic (exact) mass is 378 g/mol. The van der Waals surface area contributed by atoms with Crippen molar-refractivity contribution in [2.24, 2.45) is 0 Å². The molecule has 2 aromatic rings. The van der Waals surface area contributed by atoms with E-state index in [9.17, 15) is 4.79 Å². The quantitative estimate of drug-likeness (QED) is 0.607. The molecule has 1 atom stereocenters. The second-order valence-corrected chi connectivity index (χ2v) is 6.13. The van der Waals surface area contributed by atoms with Crippen LogP contribution in [0.15, 0.2) is 30.5 Å². The first-order chi connectivity index (χ1) is 11.9. The second kappa shape index (κ2) is 8.73. The van der Waals surface area contributed by atoms with E-state index in [1.165, 1.54) is 6.20 Å². The molecule has 6 nitrogen and oxygen atoms in total. The molecule has 2 N–H and O–H groups in total. The van der Waals surface area contributed by atoms with Gasteiger partial charge in [-0.05, 0) is 50.7 Å². The van der Waals surface area contributed by atoms with Crippen LogP contribution in [0.4, 0.5) is 5.95 Å². The summed E-state index contributed by atoms with van der Waals surface area (Å²) in [7, 11) is 0. The molecule has 2 rings (SSSR count). The van der Waals surface area contributed by atoms with E-state index in [4.69, 9.17) is 28.6 Å². The molecule has 0 saturated carbocycles. The summed E-state index contributed by atoms with van der Waals surface area (Å²) in [6.45, 7) is 5.74. The predicted molar refractivity (Wildman–Crippen MR) is 102 cm³/mol. The van der Waals surface area contributed by atoms with E-state index < -0.39 is 5.97 Å². The van der Waals surface area contributed by atoms with Gasteiger partial charge in [0.15, 0.2) is 5.11 Å². The molecule has 1 aromatic carbocycles. The highest BCUT2D eigenvalue weighted by atomic mass is 35.5. The average Bonchev–Trinajstić information content (AvgIpc) is 2.55. The largest absolute Gasteiger partial charge is 0.462 e. The van der Waals surface area contributed by atoms with Gasteiger partial charge < -0.3 is 15.4 Å². The number of ether oxygens (including phenoxy) is 1. The number of aryl methyl sites for hydroxylation is 1. The fraction of sp³-hybridized carbons (Fsp3) is 0.294. The van der Waals surface area contributed by atoms with Gasteiger partial charge in [0.2, 0.25) is 5.95 Å². The summed E-state index contributed by atoms with van der Waals surface area (Å²) in [6.07, 6.45) is 1.42. The van der Waals surface area contributed by atoms with Crippen LogP contribution >= 0.6 is 23.8 Å². The smallest absolute Gasteiger partial charge is 0.341 e. The minimum absolute atomic E-state index is 0.0165. The van der Waals surface area contributed by atoms with Gasteiger partial charge in [-0.3, -0.25) is 0 Å². The number of esters is 1. The molecule has 0 spiro atoms. The highest BCUT2D eigenvalue weighted by molar-refractivity contribution is 7.80. The summed E-state index contributed by atoms with van der Waals surface area (Å²) in [5, 5.41) is 7.12. The summed E-state index contributed by atoms with van der Waals surface area (Å²) >= 11 is 11.2. The van der Waals surface area contributed by atoms with Crippen molar-refractivity contribution in [3.8, 4) is 0 Å². The van der Waals surface area contributed by atoms with Gasteiger partial charge in [-0.25, -0.2) is 14.8 Å². The van der Waals surface area contributed by atoms with E-state index in [-0.39, 0.29) is 6.04 Å². The van der Waals surface area contributed by atoms with E-state index in [2.05, 4.69) is 20.6 Å². The van der Waals surface area contributed by atoms with E-state index in [1.54, 1.807) is 13.8 Å². The van der Waals surface area contributed by atoms with Crippen molar-refractivity contribution >= 4 is 40.8 Å². The molecule has 0 unspecified atom stereocenters. The lowest BCUT2D eigenvalue weighted by atomic mass is 10.1. The lowest BCUT2D eigenvalue weighted by Gasteiger charge is -2.17. The Morgan fingerprint density at radius 1 is 1.36 bits per heavy atom. The molecule has 0 saturated heterocycles. The third-order valence-corrected chi connectivity index (χ3v) is 3.89. The van der Waals surface area contributed by atoms with E-state index in [1.807, 2.05) is 31.2 Å². The summed E-state index contributed by atoms with van der Waals surface area (Å²) in [5.74, 6) is -0.130. The summed E-state index contributed by atoms with van der Waals surface area (Å²) < 4.78 is 4.95. The molecule has 0 aliphatic carbocycles. The topological polar surface area (TPSA) is 76.1 Å². The Hall–Kier alpha value is -2.25. The molecule has 132 valence electrons. The highest BCUT2D eigenvalue weighted by Crippen LogP contribution is 2.16. The minimum Gasteiger partial charge on any atom is -0.462 e. The average molecular weight is 379 g/mol. The molecule has 0 aliphatic rings. The van der Waals surface area contributed by atoms with Gasteiger partial charge in [0.05, 0.1) is 23.9 Å². The van der Waals surface area contributed by atoms with Crippen LogP contribution in [-0.4, -0.2) is 27.7 Å². The third-order valence-electron chi connectivity index (χ3n) is 3.42. The lowest BCUT2D eigenvalue weighted by molar-refractivity contribution is 0.0524. The van der Waals surface area contributed by atoms with Crippen LogP contribution in [0.25, 0.3) is 0 Å². The van der Waals surface area contributed by atoms with Gasteiger partial charge in [-0.15, -0.1) is 0 Å². The molecule has 25 heavy (non-hydrogen) atoms. The lowest BCUT2D eigenvalue weighted by Crippen LogP contribution is -2.31. The van der Waals surface area contributed by atoms with Crippen molar-refractivity contribution in [2.45, 2.75) is 26.8 Å². The Kier molecular flexibility index (Phi) is 6.66. The number of thiocarbonyl (C=S) groups is 1. The molecular formula is C17H19ClN4O2S. The fourth-order valence-electron chi connectivity index (χ4n) is 2.11. The van der Waals surface area contributed by atoms with Crippen molar-refractivity contribution in [3.63, 3.8) is 0 Å². The van der Waals surface area contributed by atoms with Gasteiger partial charge in [0.1, 0.15) is 0 Å².